The molecule has 4 aromatic rings. The van der Waals surface area contributed by atoms with Crippen LogP contribution in [0.5, 0.6) is 23.0 Å². The standard InChI is InChI=1S/C31H32N2O2/c1-22-16-18-31(19-17-22,23-8-12-27(13-9-23)34-29-6-2-4-25(32)20-29)24-10-14-28(15-11-24)35-30-7-3-5-26(33)21-30/h2-15,20-22H,16-19,32-33H2,1H3. The van der Waals surface area contributed by atoms with Gasteiger partial charge in [-0.1, -0.05) is 43.3 Å². The summed E-state index contributed by atoms with van der Waals surface area (Å²) >= 11 is 0. The molecule has 1 fully saturated rings. The van der Waals surface area contributed by atoms with Gasteiger partial charge < -0.3 is 20.9 Å². The molecule has 4 aromatic carbocycles. The second kappa shape index (κ2) is 9.75. The maximum Gasteiger partial charge on any atom is 0.129 e. The van der Waals surface area contributed by atoms with E-state index in [1.54, 1.807) is 0 Å². The summed E-state index contributed by atoms with van der Waals surface area (Å²) in [5.41, 5.74) is 15.8. The molecule has 0 saturated heterocycles. The summed E-state index contributed by atoms with van der Waals surface area (Å²) in [6.07, 6.45) is 4.67. The van der Waals surface area contributed by atoms with Gasteiger partial charge in [-0.2, -0.15) is 0 Å². The zero-order valence-electron chi connectivity index (χ0n) is 20.1. The molecule has 0 amide bonds. The number of anilines is 2. The summed E-state index contributed by atoms with van der Waals surface area (Å²) in [4.78, 5) is 0. The highest BCUT2D eigenvalue weighted by Crippen LogP contribution is 2.47. The first-order valence-corrected chi connectivity index (χ1v) is 12.3. The van der Waals surface area contributed by atoms with Crippen LogP contribution in [0, 0.1) is 5.92 Å². The molecule has 1 aliphatic rings. The van der Waals surface area contributed by atoms with Gasteiger partial charge in [-0.25, -0.2) is 0 Å². The van der Waals surface area contributed by atoms with Gasteiger partial charge in [-0.15, -0.1) is 0 Å². The van der Waals surface area contributed by atoms with Gasteiger partial charge >= 0.3 is 0 Å². The minimum Gasteiger partial charge on any atom is -0.457 e. The number of hydrogen-bond acceptors (Lipinski definition) is 4. The van der Waals surface area contributed by atoms with Crippen molar-refractivity contribution in [3.8, 4) is 23.0 Å². The van der Waals surface area contributed by atoms with Crippen LogP contribution < -0.4 is 20.9 Å². The van der Waals surface area contributed by atoms with E-state index in [2.05, 4.69) is 55.5 Å². The van der Waals surface area contributed by atoms with Gasteiger partial charge in [0.2, 0.25) is 0 Å². The van der Waals surface area contributed by atoms with E-state index in [0.29, 0.717) is 11.4 Å². The van der Waals surface area contributed by atoms with Crippen LogP contribution in [0.3, 0.4) is 0 Å². The van der Waals surface area contributed by atoms with Crippen molar-refractivity contribution >= 4 is 11.4 Å². The lowest BCUT2D eigenvalue weighted by Crippen LogP contribution is -2.32. The quantitative estimate of drug-likeness (QED) is 0.284. The second-order valence-electron chi connectivity index (χ2n) is 9.66. The number of ether oxygens (including phenoxy) is 2. The van der Waals surface area contributed by atoms with Gasteiger partial charge in [0, 0.05) is 28.9 Å². The Morgan fingerprint density at radius 3 is 1.43 bits per heavy atom. The Hall–Kier alpha value is -3.92. The van der Waals surface area contributed by atoms with Crippen LogP contribution >= 0.6 is 0 Å². The third-order valence-corrected chi connectivity index (χ3v) is 7.13. The summed E-state index contributed by atoms with van der Waals surface area (Å²) in [6, 6.07) is 32.2. The first-order chi connectivity index (χ1) is 17.0. The maximum absolute atomic E-state index is 6.03. The lowest BCUT2D eigenvalue weighted by atomic mass is 9.63. The molecule has 4 N–H and O–H groups in total. The first-order valence-electron chi connectivity index (χ1n) is 12.3. The fourth-order valence-corrected chi connectivity index (χ4v) is 5.11. The Morgan fingerprint density at radius 2 is 1.03 bits per heavy atom. The summed E-state index contributed by atoms with van der Waals surface area (Å²) in [7, 11) is 0. The van der Waals surface area contributed by atoms with Crippen molar-refractivity contribution in [3.05, 3.63) is 108 Å². The van der Waals surface area contributed by atoms with E-state index in [1.807, 2.05) is 48.5 Å². The van der Waals surface area contributed by atoms with E-state index in [1.165, 1.54) is 24.0 Å². The molecule has 35 heavy (non-hydrogen) atoms. The van der Waals surface area contributed by atoms with Gasteiger partial charge in [0.05, 0.1) is 0 Å². The van der Waals surface area contributed by atoms with Gasteiger partial charge in [0.1, 0.15) is 23.0 Å². The average Bonchev–Trinajstić information content (AvgIpc) is 2.86. The molecule has 0 atom stereocenters. The minimum absolute atomic E-state index is 0.0160. The van der Waals surface area contributed by atoms with Crippen LogP contribution in [0.4, 0.5) is 11.4 Å². The van der Waals surface area contributed by atoms with Crippen LogP contribution in [0.2, 0.25) is 0 Å². The predicted octanol–water partition coefficient (Wildman–Crippen LogP) is 7.93. The van der Waals surface area contributed by atoms with E-state index >= 15 is 0 Å². The van der Waals surface area contributed by atoms with Crippen molar-refractivity contribution in [2.75, 3.05) is 11.5 Å². The first kappa shape index (κ1) is 22.9. The Bertz CT molecular complexity index is 1180. The van der Waals surface area contributed by atoms with Crippen LogP contribution in [0.1, 0.15) is 43.7 Å². The smallest absolute Gasteiger partial charge is 0.129 e. The molecule has 1 saturated carbocycles. The Labute approximate surface area is 207 Å². The molecule has 0 bridgehead atoms. The van der Waals surface area contributed by atoms with E-state index < -0.39 is 0 Å². The highest BCUT2D eigenvalue weighted by atomic mass is 16.5. The number of nitrogen functional groups attached to an aromatic ring is 2. The molecule has 4 heteroatoms. The Morgan fingerprint density at radius 1 is 0.600 bits per heavy atom. The molecule has 0 unspecified atom stereocenters. The SMILES string of the molecule is CC1CCC(c2ccc(Oc3cccc(N)c3)cc2)(c2ccc(Oc3cccc(N)c3)cc2)CC1. The number of hydrogen-bond donors (Lipinski definition) is 2. The molecule has 1 aliphatic carbocycles. The van der Waals surface area contributed by atoms with E-state index in [9.17, 15) is 0 Å². The van der Waals surface area contributed by atoms with Crippen LogP contribution in [-0.2, 0) is 5.41 Å². The highest BCUT2D eigenvalue weighted by Gasteiger charge is 2.37. The molecule has 0 heterocycles. The summed E-state index contributed by atoms with van der Waals surface area (Å²) < 4.78 is 12.1. The molecule has 0 spiro atoms. The number of nitrogens with two attached hydrogens (primary N) is 2. The normalized spacial score (nSPS) is 15.5. The van der Waals surface area contributed by atoms with Crippen molar-refractivity contribution in [1.82, 2.24) is 0 Å². The van der Waals surface area contributed by atoms with Crippen molar-refractivity contribution in [3.63, 3.8) is 0 Å². The number of benzene rings is 4. The van der Waals surface area contributed by atoms with E-state index in [-0.39, 0.29) is 5.41 Å². The molecule has 4 nitrogen and oxygen atoms in total. The fraction of sp³-hybridized carbons (Fsp3) is 0.226. The Balaban J connectivity index is 1.40. The van der Waals surface area contributed by atoms with Crippen molar-refractivity contribution in [2.45, 2.75) is 38.0 Å². The van der Waals surface area contributed by atoms with Crippen molar-refractivity contribution in [2.24, 2.45) is 5.92 Å². The summed E-state index contributed by atoms with van der Waals surface area (Å²) in [6.45, 7) is 2.36. The van der Waals surface area contributed by atoms with Gasteiger partial charge in [0.25, 0.3) is 0 Å². The molecule has 5 rings (SSSR count). The monoisotopic (exact) mass is 464 g/mol. The minimum atomic E-state index is -0.0160. The lowest BCUT2D eigenvalue weighted by Gasteiger charge is -2.41. The maximum atomic E-state index is 6.03. The van der Waals surface area contributed by atoms with Gasteiger partial charge in [0.15, 0.2) is 0 Å². The third-order valence-electron chi connectivity index (χ3n) is 7.13. The molecular formula is C31H32N2O2. The Kier molecular flexibility index (Phi) is 6.37. The van der Waals surface area contributed by atoms with Gasteiger partial charge in [-0.05, 0) is 91.3 Å². The van der Waals surface area contributed by atoms with Crippen LogP contribution in [-0.4, -0.2) is 0 Å². The third kappa shape index (κ3) is 5.12. The fourth-order valence-electron chi connectivity index (χ4n) is 5.11. The predicted molar refractivity (Wildman–Crippen MR) is 143 cm³/mol. The summed E-state index contributed by atoms with van der Waals surface area (Å²) in [5.74, 6) is 3.86. The van der Waals surface area contributed by atoms with Crippen molar-refractivity contribution in [1.29, 1.82) is 0 Å². The van der Waals surface area contributed by atoms with Crippen LogP contribution in [0.15, 0.2) is 97.1 Å². The molecule has 0 radical (unpaired) electrons. The molecule has 0 aliphatic heterocycles. The molecule has 178 valence electrons. The topological polar surface area (TPSA) is 70.5 Å². The van der Waals surface area contributed by atoms with Crippen LogP contribution in [0.25, 0.3) is 0 Å². The molecular weight excluding hydrogens is 432 g/mol. The average molecular weight is 465 g/mol. The zero-order valence-corrected chi connectivity index (χ0v) is 20.1. The van der Waals surface area contributed by atoms with E-state index in [0.717, 1.165) is 41.8 Å². The highest BCUT2D eigenvalue weighted by molar-refractivity contribution is 5.48. The second-order valence-corrected chi connectivity index (χ2v) is 9.66. The zero-order chi connectivity index (χ0) is 24.3. The van der Waals surface area contributed by atoms with E-state index in [4.69, 9.17) is 20.9 Å². The largest absolute Gasteiger partial charge is 0.457 e. The number of rotatable bonds is 6. The van der Waals surface area contributed by atoms with Crippen molar-refractivity contribution < 1.29 is 9.47 Å². The summed E-state index contributed by atoms with van der Waals surface area (Å²) in [5, 5.41) is 0. The van der Waals surface area contributed by atoms with Gasteiger partial charge in [-0.3, -0.25) is 0 Å². The lowest BCUT2D eigenvalue weighted by molar-refractivity contribution is 0.280. The molecule has 0 aromatic heterocycles.